The van der Waals surface area contributed by atoms with Crippen molar-refractivity contribution in [2.75, 3.05) is 13.1 Å². The van der Waals surface area contributed by atoms with Crippen LogP contribution in [0.1, 0.15) is 28.9 Å². The number of rotatable bonds is 4. The molecule has 6 heteroatoms. The second-order valence-electron chi connectivity index (χ2n) is 6.11. The van der Waals surface area contributed by atoms with E-state index < -0.39 is 0 Å². The summed E-state index contributed by atoms with van der Waals surface area (Å²) < 4.78 is 0.951. The van der Waals surface area contributed by atoms with E-state index in [1.54, 1.807) is 6.20 Å². The molecule has 1 saturated heterocycles. The first-order valence-electron chi connectivity index (χ1n) is 8.36. The van der Waals surface area contributed by atoms with Crippen molar-refractivity contribution in [1.29, 1.82) is 0 Å². The summed E-state index contributed by atoms with van der Waals surface area (Å²) in [5, 5.41) is 2.94. The average molecular weight is 402 g/mol. The molecule has 0 atom stereocenters. The highest BCUT2D eigenvalue weighted by Crippen LogP contribution is 2.20. The maximum absolute atomic E-state index is 12.5. The molecule has 0 spiro atoms. The minimum atomic E-state index is -0.0438. The molecule has 1 N–H and O–H groups in total. The summed E-state index contributed by atoms with van der Waals surface area (Å²) in [6.07, 6.45) is 3.10. The Bertz CT molecular complexity index is 726. The number of nitrogens with one attached hydrogen (secondary N) is 1. The maximum Gasteiger partial charge on any atom is 0.253 e. The Labute approximate surface area is 155 Å². The van der Waals surface area contributed by atoms with Gasteiger partial charge in [0.05, 0.1) is 12.2 Å². The number of likely N-dealkylation sites (tertiary alicyclic amines) is 1. The van der Waals surface area contributed by atoms with Crippen molar-refractivity contribution in [1.82, 2.24) is 15.2 Å². The van der Waals surface area contributed by atoms with Crippen LogP contribution >= 0.6 is 15.9 Å². The molecule has 25 heavy (non-hydrogen) atoms. The number of piperidine rings is 1. The van der Waals surface area contributed by atoms with Crippen LogP contribution in [0.15, 0.2) is 53.1 Å². The summed E-state index contributed by atoms with van der Waals surface area (Å²) in [5.74, 6) is 0.0268. The summed E-state index contributed by atoms with van der Waals surface area (Å²) in [5.41, 5.74) is 1.53. The Balaban J connectivity index is 1.48. The third kappa shape index (κ3) is 4.66. The van der Waals surface area contributed by atoms with Crippen molar-refractivity contribution >= 4 is 27.7 Å². The van der Waals surface area contributed by atoms with Gasteiger partial charge in [0.2, 0.25) is 5.91 Å². The van der Waals surface area contributed by atoms with Gasteiger partial charge in [-0.2, -0.15) is 0 Å². The SMILES string of the molecule is O=C(NCc1ccccn1)C1CCN(C(=O)c2ccc(Br)cc2)CC1. The zero-order valence-corrected chi connectivity index (χ0v) is 15.4. The number of aromatic nitrogens is 1. The van der Waals surface area contributed by atoms with E-state index in [0.717, 1.165) is 10.2 Å². The van der Waals surface area contributed by atoms with Gasteiger partial charge in [-0.1, -0.05) is 22.0 Å². The molecule has 0 saturated carbocycles. The van der Waals surface area contributed by atoms with Crippen molar-refractivity contribution in [3.05, 3.63) is 64.4 Å². The van der Waals surface area contributed by atoms with Gasteiger partial charge in [0.25, 0.3) is 5.91 Å². The Morgan fingerprint density at radius 3 is 2.48 bits per heavy atom. The third-order valence-corrected chi connectivity index (χ3v) is 4.94. The number of amides is 2. The Kier molecular flexibility index (Phi) is 5.81. The molecule has 0 unspecified atom stereocenters. The van der Waals surface area contributed by atoms with Crippen LogP contribution < -0.4 is 5.32 Å². The van der Waals surface area contributed by atoms with E-state index in [4.69, 9.17) is 0 Å². The first-order valence-corrected chi connectivity index (χ1v) is 9.15. The Morgan fingerprint density at radius 1 is 1.12 bits per heavy atom. The number of benzene rings is 1. The van der Waals surface area contributed by atoms with Crippen LogP contribution in [0.3, 0.4) is 0 Å². The van der Waals surface area contributed by atoms with Gasteiger partial charge in [0.1, 0.15) is 0 Å². The number of pyridine rings is 1. The van der Waals surface area contributed by atoms with E-state index in [2.05, 4.69) is 26.2 Å². The van der Waals surface area contributed by atoms with E-state index in [1.165, 1.54) is 0 Å². The van der Waals surface area contributed by atoms with Crippen LogP contribution in [-0.2, 0) is 11.3 Å². The standard InChI is InChI=1S/C19H20BrN3O2/c20-16-6-4-15(5-7-16)19(25)23-11-8-14(9-12-23)18(24)22-13-17-3-1-2-10-21-17/h1-7,10,14H,8-9,11-13H2,(H,22,24). The van der Waals surface area contributed by atoms with Gasteiger partial charge in [-0.15, -0.1) is 0 Å². The molecule has 1 aliphatic rings. The molecule has 1 aliphatic heterocycles. The average Bonchev–Trinajstić information content (AvgIpc) is 2.67. The molecule has 0 radical (unpaired) electrons. The lowest BCUT2D eigenvalue weighted by Gasteiger charge is -2.31. The van der Waals surface area contributed by atoms with E-state index in [0.29, 0.717) is 38.0 Å². The minimum absolute atomic E-state index is 0.0276. The van der Waals surface area contributed by atoms with Crippen LogP contribution in [0.25, 0.3) is 0 Å². The Morgan fingerprint density at radius 2 is 1.84 bits per heavy atom. The molecule has 5 nitrogen and oxygen atoms in total. The molecule has 130 valence electrons. The quantitative estimate of drug-likeness (QED) is 0.856. The van der Waals surface area contributed by atoms with Crippen LogP contribution in [0.2, 0.25) is 0 Å². The van der Waals surface area contributed by atoms with Gasteiger partial charge in [0.15, 0.2) is 0 Å². The fourth-order valence-corrected chi connectivity index (χ4v) is 3.21. The van der Waals surface area contributed by atoms with Gasteiger partial charge in [0, 0.05) is 35.2 Å². The number of halogens is 1. The molecule has 0 bridgehead atoms. The topological polar surface area (TPSA) is 62.3 Å². The molecule has 1 aromatic heterocycles. The summed E-state index contributed by atoms with van der Waals surface area (Å²) >= 11 is 3.37. The zero-order valence-electron chi connectivity index (χ0n) is 13.8. The molecule has 2 aromatic rings. The van der Waals surface area contributed by atoms with E-state index in [9.17, 15) is 9.59 Å². The molecule has 2 heterocycles. The van der Waals surface area contributed by atoms with Gasteiger partial charge in [-0.25, -0.2) is 0 Å². The second kappa shape index (κ2) is 8.25. The smallest absolute Gasteiger partial charge is 0.253 e. The summed E-state index contributed by atoms with van der Waals surface area (Å²) in [6, 6.07) is 13.0. The largest absolute Gasteiger partial charge is 0.350 e. The highest BCUT2D eigenvalue weighted by atomic mass is 79.9. The molecule has 1 aromatic carbocycles. The van der Waals surface area contributed by atoms with Crippen LogP contribution in [0.5, 0.6) is 0 Å². The highest BCUT2D eigenvalue weighted by Gasteiger charge is 2.27. The van der Waals surface area contributed by atoms with Crippen molar-refractivity contribution in [3.63, 3.8) is 0 Å². The van der Waals surface area contributed by atoms with Gasteiger partial charge < -0.3 is 10.2 Å². The van der Waals surface area contributed by atoms with Gasteiger partial charge in [-0.3, -0.25) is 14.6 Å². The number of hydrogen-bond donors (Lipinski definition) is 1. The molecular formula is C19H20BrN3O2. The lowest BCUT2D eigenvalue weighted by Crippen LogP contribution is -2.43. The molecular weight excluding hydrogens is 382 g/mol. The lowest BCUT2D eigenvalue weighted by molar-refractivity contribution is -0.126. The predicted molar refractivity (Wildman–Crippen MR) is 98.9 cm³/mol. The fourth-order valence-electron chi connectivity index (χ4n) is 2.94. The summed E-state index contributed by atoms with van der Waals surface area (Å²) in [4.78, 5) is 30.8. The Hall–Kier alpha value is -2.21. The van der Waals surface area contributed by atoms with E-state index in [1.807, 2.05) is 47.4 Å². The fraction of sp³-hybridized carbons (Fsp3) is 0.316. The predicted octanol–water partition coefficient (Wildman–Crippen LogP) is 3.01. The number of carbonyl (C=O) groups excluding carboxylic acids is 2. The summed E-state index contributed by atoms with van der Waals surface area (Å²) in [7, 11) is 0. The van der Waals surface area contributed by atoms with Gasteiger partial charge >= 0.3 is 0 Å². The number of carbonyl (C=O) groups is 2. The van der Waals surface area contributed by atoms with Crippen LogP contribution in [0, 0.1) is 5.92 Å². The summed E-state index contributed by atoms with van der Waals surface area (Å²) in [6.45, 7) is 1.66. The first-order chi connectivity index (χ1) is 12.1. The van der Waals surface area contributed by atoms with E-state index >= 15 is 0 Å². The van der Waals surface area contributed by atoms with Crippen molar-refractivity contribution in [2.24, 2.45) is 5.92 Å². The molecule has 1 fully saturated rings. The lowest BCUT2D eigenvalue weighted by atomic mass is 9.95. The van der Waals surface area contributed by atoms with E-state index in [-0.39, 0.29) is 17.7 Å². The third-order valence-electron chi connectivity index (χ3n) is 4.41. The van der Waals surface area contributed by atoms with Gasteiger partial charge in [-0.05, 0) is 49.2 Å². The minimum Gasteiger partial charge on any atom is -0.350 e. The highest BCUT2D eigenvalue weighted by molar-refractivity contribution is 9.10. The first kappa shape index (κ1) is 17.6. The number of hydrogen-bond acceptors (Lipinski definition) is 3. The van der Waals surface area contributed by atoms with Crippen molar-refractivity contribution in [3.8, 4) is 0 Å². The maximum atomic E-state index is 12.5. The molecule has 0 aliphatic carbocycles. The van der Waals surface area contributed by atoms with Crippen molar-refractivity contribution < 1.29 is 9.59 Å². The monoisotopic (exact) mass is 401 g/mol. The second-order valence-corrected chi connectivity index (χ2v) is 7.03. The zero-order chi connectivity index (χ0) is 17.6. The van der Waals surface area contributed by atoms with Crippen LogP contribution in [0.4, 0.5) is 0 Å². The molecule has 2 amide bonds. The van der Waals surface area contributed by atoms with Crippen molar-refractivity contribution in [2.45, 2.75) is 19.4 Å². The number of nitrogens with zero attached hydrogens (tertiary/aromatic N) is 2. The molecule has 3 rings (SSSR count). The normalized spacial score (nSPS) is 15.0. The van der Waals surface area contributed by atoms with Crippen LogP contribution in [-0.4, -0.2) is 34.8 Å².